The number of carbonyl (C=O) groups is 1. The lowest BCUT2D eigenvalue weighted by atomic mass is 9.88. The highest BCUT2D eigenvalue weighted by atomic mass is 19.4. The first-order valence-corrected chi connectivity index (χ1v) is 15.7. The summed E-state index contributed by atoms with van der Waals surface area (Å²) in [5.41, 5.74) is -2.72. The molecule has 40 heavy (non-hydrogen) atoms. The largest absolute Gasteiger partial charge is 0.450 e. The van der Waals surface area contributed by atoms with Crippen molar-refractivity contribution < 1.29 is 41.0 Å². The molecule has 0 N–H and O–H groups in total. The standard InChI is InChI=1S/C31H51F5O4/c1-3-5-6-7-8-9-10-11-12-13-14-15-16-17-18-19-20-21-25-38-30(31(34,35)36)29(32,33)28(40-27(37)4-2)24-22-23-26(28)39-30/h4,26H,2-3,5-25H2,1H3. The SMILES string of the molecule is C=CC(=O)OC12CCCC1OC(OCCCCCCCCCCCCCCCCCCCC)(C(F)(F)F)C2(F)F. The van der Waals surface area contributed by atoms with Crippen LogP contribution in [-0.2, 0) is 19.0 Å². The van der Waals surface area contributed by atoms with Crippen molar-refractivity contribution in [2.75, 3.05) is 6.61 Å². The van der Waals surface area contributed by atoms with Crippen LogP contribution in [0.15, 0.2) is 12.7 Å². The van der Waals surface area contributed by atoms with Gasteiger partial charge >= 0.3 is 23.9 Å². The van der Waals surface area contributed by atoms with E-state index in [1.165, 1.54) is 77.0 Å². The fourth-order valence-corrected chi connectivity index (χ4v) is 6.08. The summed E-state index contributed by atoms with van der Waals surface area (Å²) in [6.07, 6.45) is 13.7. The molecule has 1 aliphatic carbocycles. The van der Waals surface area contributed by atoms with Crippen LogP contribution in [0.25, 0.3) is 0 Å². The van der Waals surface area contributed by atoms with Crippen LogP contribution >= 0.6 is 0 Å². The number of carbonyl (C=O) groups excluding carboxylic acids is 1. The third-order valence-corrected chi connectivity index (χ3v) is 8.41. The van der Waals surface area contributed by atoms with Crippen LogP contribution in [-0.4, -0.2) is 42.2 Å². The van der Waals surface area contributed by atoms with Crippen molar-refractivity contribution in [1.29, 1.82) is 0 Å². The number of halogens is 5. The van der Waals surface area contributed by atoms with E-state index < -0.39 is 48.6 Å². The van der Waals surface area contributed by atoms with Crippen LogP contribution < -0.4 is 0 Å². The zero-order valence-electron chi connectivity index (χ0n) is 24.4. The lowest BCUT2D eigenvalue weighted by Gasteiger charge is -2.39. The van der Waals surface area contributed by atoms with Crippen LogP contribution in [0.2, 0.25) is 0 Å². The third-order valence-electron chi connectivity index (χ3n) is 8.41. The molecule has 1 saturated heterocycles. The molecular formula is C31H51F5O4. The van der Waals surface area contributed by atoms with Crippen molar-refractivity contribution in [3.05, 3.63) is 12.7 Å². The van der Waals surface area contributed by atoms with E-state index in [2.05, 4.69) is 13.5 Å². The minimum atomic E-state index is -5.51. The van der Waals surface area contributed by atoms with Gasteiger partial charge < -0.3 is 14.2 Å². The molecule has 1 heterocycles. The van der Waals surface area contributed by atoms with Gasteiger partial charge in [0, 0.05) is 6.08 Å². The molecule has 234 valence electrons. The Morgan fingerprint density at radius 3 is 1.73 bits per heavy atom. The maximum Gasteiger partial charge on any atom is 0.450 e. The van der Waals surface area contributed by atoms with E-state index >= 15 is 8.78 Å². The second-order valence-corrected chi connectivity index (χ2v) is 11.6. The van der Waals surface area contributed by atoms with Crippen LogP contribution in [0.1, 0.15) is 142 Å². The Hall–Kier alpha value is -1.22. The highest BCUT2D eigenvalue weighted by molar-refractivity contribution is 5.81. The lowest BCUT2D eigenvalue weighted by Crippen LogP contribution is -2.65. The molecule has 0 aromatic carbocycles. The summed E-state index contributed by atoms with van der Waals surface area (Å²) in [5, 5.41) is 0. The Balaban J connectivity index is 1.60. The molecule has 4 nitrogen and oxygen atoms in total. The number of rotatable bonds is 22. The van der Waals surface area contributed by atoms with Crippen molar-refractivity contribution in [3.8, 4) is 0 Å². The van der Waals surface area contributed by atoms with Gasteiger partial charge in [0.1, 0.15) is 6.10 Å². The summed E-state index contributed by atoms with van der Waals surface area (Å²) in [6.45, 7) is 4.88. The first-order chi connectivity index (χ1) is 19.1. The van der Waals surface area contributed by atoms with Gasteiger partial charge in [0.2, 0.25) is 5.60 Å². The number of hydrogen-bond acceptors (Lipinski definition) is 4. The summed E-state index contributed by atoms with van der Waals surface area (Å²) < 4.78 is 87.8. The van der Waals surface area contributed by atoms with Gasteiger partial charge in [-0.25, -0.2) is 4.79 Å². The fraction of sp³-hybridized carbons (Fsp3) is 0.903. The van der Waals surface area contributed by atoms with E-state index in [0.717, 1.165) is 25.7 Å². The highest BCUT2D eigenvalue weighted by Crippen LogP contribution is 2.63. The summed E-state index contributed by atoms with van der Waals surface area (Å²) in [5.74, 6) is -9.95. The molecule has 0 bridgehead atoms. The van der Waals surface area contributed by atoms with E-state index in [1.807, 2.05) is 0 Å². The lowest BCUT2D eigenvalue weighted by molar-refractivity contribution is -0.427. The Kier molecular flexibility index (Phi) is 14.9. The molecule has 0 spiro atoms. The van der Waals surface area contributed by atoms with Gasteiger partial charge in [-0.1, -0.05) is 123 Å². The molecular weight excluding hydrogens is 531 g/mol. The predicted octanol–water partition coefficient (Wildman–Crippen LogP) is 9.99. The van der Waals surface area contributed by atoms with Crippen molar-refractivity contribution >= 4 is 5.97 Å². The maximum absolute atomic E-state index is 15.5. The average Bonchev–Trinajstić information content (AvgIpc) is 3.38. The molecule has 0 radical (unpaired) electrons. The fourth-order valence-electron chi connectivity index (χ4n) is 6.08. The quantitative estimate of drug-likeness (QED) is 0.0551. The third kappa shape index (κ3) is 8.89. The molecule has 2 fully saturated rings. The van der Waals surface area contributed by atoms with Gasteiger partial charge in [-0.05, 0) is 25.7 Å². The summed E-state index contributed by atoms with van der Waals surface area (Å²) in [4.78, 5) is 11.7. The van der Waals surface area contributed by atoms with E-state index in [-0.39, 0.29) is 19.3 Å². The minimum absolute atomic E-state index is 0.0829. The van der Waals surface area contributed by atoms with Crippen LogP contribution in [0.5, 0.6) is 0 Å². The van der Waals surface area contributed by atoms with E-state index in [1.54, 1.807) is 0 Å². The van der Waals surface area contributed by atoms with Gasteiger partial charge in [0.05, 0.1) is 6.61 Å². The molecule has 0 amide bonds. The van der Waals surface area contributed by atoms with Crippen molar-refractivity contribution in [3.63, 3.8) is 0 Å². The molecule has 1 saturated carbocycles. The Morgan fingerprint density at radius 2 is 1.30 bits per heavy atom. The van der Waals surface area contributed by atoms with Crippen LogP contribution in [0.4, 0.5) is 22.0 Å². The minimum Gasteiger partial charge on any atom is -0.446 e. The first-order valence-electron chi connectivity index (χ1n) is 15.7. The molecule has 0 aromatic rings. The average molecular weight is 583 g/mol. The van der Waals surface area contributed by atoms with Crippen molar-refractivity contribution in [2.24, 2.45) is 0 Å². The molecule has 2 rings (SSSR count). The summed E-state index contributed by atoms with van der Waals surface area (Å²) >= 11 is 0. The number of esters is 1. The van der Waals surface area contributed by atoms with Crippen LogP contribution in [0.3, 0.4) is 0 Å². The first kappa shape index (κ1) is 35.0. The zero-order valence-corrected chi connectivity index (χ0v) is 24.4. The molecule has 3 unspecified atom stereocenters. The van der Waals surface area contributed by atoms with E-state index in [0.29, 0.717) is 12.5 Å². The topological polar surface area (TPSA) is 44.8 Å². The van der Waals surface area contributed by atoms with Gasteiger partial charge in [-0.3, -0.25) is 0 Å². The maximum atomic E-state index is 15.5. The summed E-state index contributed by atoms with van der Waals surface area (Å²) in [7, 11) is 0. The second-order valence-electron chi connectivity index (χ2n) is 11.6. The molecule has 3 atom stereocenters. The Labute approximate surface area is 237 Å². The second kappa shape index (κ2) is 17.0. The van der Waals surface area contributed by atoms with Crippen LogP contribution in [0, 0.1) is 0 Å². The van der Waals surface area contributed by atoms with Gasteiger partial charge in [0.25, 0.3) is 0 Å². The van der Waals surface area contributed by atoms with Crippen molar-refractivity contribution in [1.82, 2.24) is 0 Å². The van der Waals surface area contributed by atoms with Gasteiger partial charge in [-0.2, -0.15) is 22.0 Å². The smallest absolute Gasteiger partial charge is 0.446 e. The number of ether oxygens (including phenoxy) is 3. The molecule has 1 aliphatic heterocycles. The van der Waals surface area contributed by atoms with E-state index in [9.17, 15) is 18.0 Å². The monoisotopic (exact) mass is 582 g/mol. The zero-order chi connectivity index (χ0) is 29.5. The number of fused-ring (bicyclic) bond motifs is 1. The predicted molar refractivity (Wildman–Crippen MR) is 146 cm³/mol. The Bertz CT molecular complexity index is 744. The summed E-state index contributed by atoms with van der Waals surface area (Å²) in [6, 6.07) is 0. The van der Waals surface area contributed by atoms with Gasteiger partial charge in [0.15, 0.2) is 0 Å². The highest BCUT2D eigenvalue weighted by Gasteiger charge is 2.88. The van der Waals surface area contributed by atoms with Crippen molar-refractivity contribution in [2.45, 2.75) is 171 Å². The number of hydrogen-bond donors (Lipinski definition) is 0. The van der Waals surface area contributed by atoms with Gasteiger partial charge in [-0.15, -0.1) is 0 Å². The molecule has 2 aliphatic rings. The number of unbranched alkanes of at least 4 members (excludes halogenated alkanes) is 17. The van der Waals surface area contributed by atoms with E-state index in [4.69, 9.17) is 14.2 Å². The molecule has 9 heteroatoms. The number of alkyl halides is 5. The molecule has 0 aromatic heterocycles. The normalized spacial score (nSPS) is 25.7. The Morgan fingerprint density at radius 1 is 0.850 bits per heavy atom.